The van der Waals surface area contributed by atoms with Gasteiger partial charge in [-0.1, -0.05) is 19.4 Å². The number of benzene rings is 1. The molecule has 0 saturated carbocycles. The van der Waals surface area contributed by atoms with Crippen molar-refractivity contribution in [2.24, 2.45) is 0 Å². The lowest BCUT2D eigenvalue weighted by Crippen LogP contribution is -2.11. The third-order valence-electron chi connectivity index (χ3n) is 2.41. The molecule has 0 atom stereocenters. The smallest absolute Gasteiger partial charge is 0.383 e. The van der Waals surface area contributed by atoms with Crippen LogP contribution in [0.5, 0.6) is 0 Å². The molecule has 5 heteroatoms. The summed E-state index contributed by atoms with van der Waals surface area (Å²) in [5.41, 5.74) is -0.177. The maximum atomic E-state index is 12.4. The van der Waals surface area contributed by atoms with Gasteiger partial charge in [-0.25, -0.2) is 0 Å². The third kappa shape index (κ3) is 5.40. The van der Waals surface area contributed by atoms with Gasteiger partial charge in [-0.15, -0.1) is 0 Å². The molecule has 1 aromatic carbocycles. The van der Waals surface area contributed by atoms with Crippen LogP contribution >= 0.6 is 0 Å². The zero-order chi connectivity index (χ0) is 13.4. The van der Waals surface area contributed by atoms with Crippen molar-refractivity contribution in [3.05, 3.63) is 29.8 Å². The second-order valence-electron chi connectivity index (χ2n) is 3.97. The average molecular weight is 261 g/mol. The lowest BCUT2D eigenvalue weighted by Gasteiger charge is -2.10. The molecule has 0 radical (unpaired) electrons. The van der Waals surface area contributed by atoms with Gasteiger partial charge in [-0.05, 0) is 24.6 Å². The van der Waals surface area contributed by atoms with Gasteiger partial charge in [0.15, 0.2) is 0 Å². The quantitative estimate of drug-likeness (QED) is 0.751. The van der Waals surface area contributed by atoms with Crippen LogP contribution in [-0.4, -0.2) is 19.8 Å². The van der Waals surface area contributed by atoms with E-state index in [2.05, 4.69) is 12.2 Å². The zero-order valence-corrected chi connectivity index (χ0v) is 10.4. The fourth-order valence-electron chi connectivity index (χ4n) is 1.42. The first-order valence-electron chi connectivity index (χ1n) is 6.03. The van der Waals surface area contributed by atoms with Crippen molar-refractivity contribution < 1.29 is 17.9 Å². The van der Waals surface area contributed by atoms with Crippen LogP contribution in [0.2, 0.25) is 0 Å². The predicted octanol–water partition coefficient (Wildman–Crippen LogP) is 3.93. The fourth-order valence-corrected chi connectivity index (χ4v) is 1.42. The second-order valence-corrected chi connectivity index (χ2v) is 3.97. The van der Waals surface area contributed by atoms with Crippen molar-refractivity contribution in [3.63, 3.8) is 0 Å². The second kappa shape index (κ2) is 7.26. The zero-order valence-electron chi connectivity index (χ0n) is 10.4. The lowest BCUT2D eigenvalue weighted by molar-refractivity contribution is -0.137. The summed E-state index contributed by atoms with van der Waals surface area (Å²) in [6.07, 6.45) is -2.22. The lowest BCUT2D eigenvalue weighted by atomic mass is 10.2. The van der Waals surface area contributed by atoms with Crippen LogP contribution in [0, 0.1) is 0 Å². The minimum absolute atomic E-state index is 0.462. The molecule has 1 rings (SSSR count). The van der Waals surface area contributed by atoms with Crippen LogP contribution in [-0.2, 0) is 10.9 Å². The number of halogens is 3. The van der Waals surface area contributed by atoms with Crippen LogP contribution in [0.1, 0.15) is 25.3 Å². The number of hydrogen-bond donors (Lipinski definition) is 1. The highest BCUT2D eigenvalue weighted by Gasteiger charge is 2.30. The summed E-state index contributed by atoms with van der Waals surface area (Å²) < 4.78 is 42.6. The van der Waals surface area contributed by atoms with E-state index in [9.17, 15) is 13.2 Å². The largest absolute Gasteiger partial charge is 0.416 e. The number of anilines is 1. The summed E-state index contributed by atoms with van der Waals surface area (Å²) in [6, 6.07) is 5.17. The number of ether oxygens (including phenoxy) is 1. The van der Waals surface area contributed by atoms with Crippen LogP contribution in [0.4, 0.5) is 18.9 Å². The highest BCUT2D eigenvalue weighted by molar-refractivity contribution is 5.46. The molecule has 0 aromatic heterocycles. The SMILES string of the molecule is CCCCOCCNc1cccc(C(F)(F)F)c1. The minimum Gasteiger partial charge on any atom is -0.383 e. The first-order chi connectivity index (χ1) is 8.54. The molecular weight excluding hydrogens is 243 g/mol. The Kier molecular flexibility index (Phi) is 5.98. The highest BCUT2D eigenvalue weighted by Crippen LogP contribution is 2.30. The van der Waals surface area contributed by atoms with Crippen molar-refractivity contribution in [2.45, 2.75) is 25.9 Å². The fraction of sp³-hybridized carbons (Fsp3) is 0.538. The molecule has 0 bridgehead atoms. The Labute approximate surface area is 105 Å². The molecule has 0 aliphatic carbocycles. The molecular formula is C13H18F3NO. The van der Waals surface area contributed by atoms with E-state index in [1.54, 1.807) is 6.07 Å². The Balaban J connectivity index is 2.34. The molecule has 1 aromatic rings. The van der Waals surface area contributed by atoms with Gasteiger partial charge in [-0.2, -0.15) is 13.2 Å². The molecule has 0 aliphatic heterocycles. The van der Waals surface area contributed by atoms with Crippen molar-refractivity contribution in [1.29, 1.82) is 0 Å². The number of hydrogen-bond acceptors (Lipinski definition) is 2. The van der Waals surface area contributed by atoms with E-state index >= 15 is 0 Å². The highest BCUT2D eigenvalue weighted by atomic mass is 19.4. The Morgan fingerprint density at radius 2 is 2.00 bits per heavy atom. The van der Waals surface area contributed by atoms with E-state index in [1.807, 2.05) is 0 Å². The van der Waals surface area contributed by atoms with Crippen molar-refractivity contribution in [3.8, 4) is 0 Å². The minimum atomic E-state index is -4.30. The van der Waals surface area contributed by atoms with Crippen molar-refractivity contribution in [2.75, 3.05) is 25.1 Å². The molecule has 18 heavy (non-hydrogen) atoms. The maximum absolute atomic E-state index is 12.4. The number of alkyl halides is 3. The van der Waals surface area contributed by atoms with Crippen LogP contribution in [0.3, 0.4) is 0 Å². The third-order valence-corrected chi connectivity index (χ3v) is 2.41. The predicted molar refractivity (Wildman–Crippen MR) is 65.7 cm³/mol. The Morgan fingerprint density at radius 3 is 2.67 bits per heavy atom. The van der Waals surface area contributed by atoms with Gasteiger partial charge in [0.05, 0.1) is 12.2 Å². The van der Waals surface area contributed by atoms with Crippen LogP contribution < -0.4 is 5.32 Å². The summed E-state index contributed by atoms with van der Waals surface area (Å²) in [4.78, 5) is 0. The van der Waals surface area contributed by atoms with Gasteiger partial charge in [-0.3, -0.25) is 0 Å². The standard InChI is InChI=1S/C13H18F3NO/c1-2-3-8-18-9-7-17-12-6-4-5-11(10-12)13(14,15)16/h4-6,10,17H,2-3,7-9H2,1H3. The first kappa shape index (κ1) is 14.8. The van der Waals surface area contributed by atoms with Gasteiger partial charge in [0.1, 0.15) is 0 Å². The van der Waals surface area contributed by atoms with E-state index in [0.29, 0.717) is 25.4 Å². The number of rotatable bonds is 7. The van der Waals surface area contributed by atoms with E-state index in [-0.39, 0.29) is 0 Å². The summed E-state index contributed by atoms with van der Waals surface area (Å²) in [6.45, 7) is 3.77. The number of nitrogens with one attached hydrogen (secondary N) is 1. The average Bonchev–Trinajstić information content (AvgIpc) is 2.33. The molecule has 0 saturated heterocycles. The Bertz CT molecular complexity index is 352. The Morgan fingerprint density at radius 1 is 1.22 bits per heavy atom. The number of unbranched alkanes of at least 4 members (excludes halogenated alkanes) is 1. The molecule has 0 spiro atoms. The summed E-state index contributed by atoms with van der Waals surface area (Å²) >= 11 is 0. The van der Waals surface area contributed by atoms with Crippen LogP contribution in [0.15, 0.2) is 24.3 Å². The molecule has 1 N–H and O–H groups in total. The molecule has 0 aliphatic rings. The molecule has 102 valence electrons. The van der Waals surface area contributed by atoms with Gasteiger partial charge < -0.3 is 10.1 Å². The van der Waals surface area contributed by atoms with Gasteiger partial charge in [0.2, 0.25) is 0 Å². The monoisotopic (exact) mass is 261 g/mol. The maximum Gasteiger partial charge on any atom is 0.416 e. The first-order valence-corrected chi connectivity index (χ1v) is 6.03. The normalized spacial score (nSPS) is 11.6. The molecule has 0 heterocycles. The van der Waals surface area contributed by atoms with E-state index < -0.39 is 11.7 Å². The van der Waals surface area contributed by atoms with Gasteiger partial charge >= 0.3 is 6.18 Å². The van der Waals surface area contributed by atoms with E-state index in [4.69, 9.17) is 4.74 Å². The van der Waals surface area contributed by atoms with Gasteiger partial charge in [0.25, 0.3) is 0 Å². The Hall–Kier alpha value is -1.23. The van der Waals surface area contributed by atoms with E-state index in [0.717, 1.165) is 25.0 Å². The topological polar surface area (TPSA) is 21.3 Å². The summed E-state index contributed by atoms with van der Waals surface area (Å²) in [5.74, 6) is 0. The molecule has 0 amide bonds. The van der Waals surface area contributed by atoms with Gasteiger partial charge in [0, 0.05) is 18.8 Å². The molecule has 2 nitrogen and oxygen atoms in total. The van der Waals surface area contributed by atoms with Crippen molar-refractivity contribution >= 4 is 5.69 Å². The molecule has 0 fully saturated rings. The summed E-state index contributed by atoms with van der Waals surface area (Å²) in [5, 5.41) is 2.91. The molecule has 0 unspecified atom stereocenters. The van der Waals surface area contributed by atoms with Crippen LogP contribution in [0.25, 0.3) is 0 Å². The van der Waals surface area contributed by atoms with E-state index in [1.165, 1.54) is 6.07 Å². The van der Waals surface area contributed by atoms with Crippen molar-refractivity contribution in [1.82, 2.24) is 0 Å². The summed E-state index contributed by atoms with van der Waals surface area (Å²) in [7, 11) is 0.